The number of guanidine groups is 1. The molecular weight excluding hydrogens is 961 g/mol. The van der Waals surface area contributed by atoms with Crippen molar-refractivity contribution in [1.29, 1.82) is 0 Å². The number of nitrogens with two attached hydrogens (primary N) is 3. The summed E-state index contributed by atoms with van der Waals surface area (Å²) in [4.78, 5) is 153. The lowest BCUT2D eigenvalue weighted by Gasteiger charge is -2.33. The van der Waals surface area contributed by atoms with E-state index in [0.29, 0.717) is 25.7 Å². The Morgan fingerprint density at radius 1 is 0.630 bits per heavy atom. The molecule has 0 unspecified atom stereocenters. The van der Waals surface area contributed by atoms with E-state index in [-0.39, 0.29) is 70.2 Å². The Morgan fingerprint density at radius 2 is 1.14 bits per heavy atom. The zero-order chi connectivity index (χ0) is 54.9. The van der Waals surface area contributed by atoms with E-state index in [4.69, 9.17) is 22.3 Å². The van der Waals surface area contributed by atoms with Crippen LogP contribution in [0.15, 0.2) is 4.99 Å². The lowest BCUT2D eigenvalue weighted by molar-refractivity contribution is -0.148. The van der Waals surface area contributed by atoms with E-state index in [1.165, 1.54) is 42.4 Å². The fourth-order valence-electron chi connectivity index (χ4n) is 8.74. The number of carboxylic acid groups (broad SMARTS) is 1. The Bertz CT molecular complexity index is 2050. The van der Waals surface area contributed by atoms with Gasteiger partial charge >= 0.3 is 5.97 Å². The summed E-state index contributed by atoms with van der Waals surface area (Å²) in [7, 11) is 0. The summed E-state index contributed by atoms with van der Waals surface area (Å²) in [6.07, 6.45) is 1.10. The van der Waals surface area contributed by atoms with Gasteiger partial charge < -0.3 is 84.4 Å². The van der Waals surface area contributed by atoms with Crippen LogP contribution in [-0.4, -0.2) is 207 Å². The van der Waals surface area contributed by atoms with Crippen LogP contribution in [0.1, 0.15) is 99.3 Å². The van der Waals surface area contributed by atoms with Crippen molar-refractivity contribution in [1.82, 2.24) is 51.9 Å². The number of likely N-dealkylation sites (tertiary alicyclic amines) is 3. The Hall–Kier alpha value is -6.68. The van der Waals surface area contributed by atoms with Crippen LogP contribution >= 0.6 is 0 Å². The number of carbonyl (C=O) groups is 11. The maximum absolute atomic E-state index is 14.1. The zero-order valence-electron chi connectivity index (χ0n) is 42.4. The molecule has 0 aromatic carbocycles. The number of amides is 10. The molecule has 16 N–H and O–H groups in total. The van der Waals surface area contributed by atoms with Crippen LogP contribution in [0.4, 0.5) is 0 Å². The molecule has 3 rings (SSSR count). The molecule has 0 aliphatic carbocycles. The summed E-state index contributed by atoms with van der Waals surface area (Å²) < 4.78 is 0. The highest BCUT2D eigenvalue weighted by Crippen LogP contribution is 2.26. The highest BCUT2D eigenvalue weighted by atomic mass is 16.4. The number of nitrogens with zero attached hydrogens (tertiary/aromatic N) is 4. The quantitative estimate of drug-likeness (QED) is 0.0218. The van der Waals surface area contributed by atoms with Gasteiger partial charge in [0.05, 0.1) is 18.8 Å². The number of aliphatic hydroxyl groups excluding tert-OH is 2. The Labute approximate surface area is 423 Å². The van der Waals surface area contributed by atoms with E-state index in [1.807, 2.05) is 0 Å². The number of hydrogen-bond acceptors (Lipinski definition) is 15. The molecule has 3 fully saturated rings. The number of rotatable bonds is 26. The highest BCUT2D eigenvalue weighted by Gasteiger charge is 2.45. The third-order valence-electron chi connectivity index (χ3n) is 13.0. The molecule has 0 aromatic heterocycles. The number of carboxylic acids is 1. The van der Waals surface area contributed by atoms with Gasteiger partial charge in [0.15, 0.2) is 5.96 Å². The molecule has 0 spiro atoms. The standard InChI is InChI=1S/C45H76N14O14/c1-7-22(2)33(40(69)50-20-32(62)63)55-39(68)30-14-9-17-57(30)42(71)24(4)51-37(66)28(21-60)54-38(67)29-13-10-18-58(29)44(73)31-15-11-19-59(31)43(72)25(5)52-41(70)34(26(6)61)56-36(65)27(53-35(64)23(3)46)12-8-16-49-45(47)48/h22-31,33-34,60-61H,7-21,46H2,1-6H3,(H,50,69)(H,51,66)(H,52,70)(H,53,64)(H,54,67)(H,55,68)(H,56,65)(H,62,63)(H4,47,48,49)/t22-,23-,24-,25-,26+,27-,28-,29-,30-,31-,33-,34-/m0/s1. The maximum Gasteiger partial charge on any atom is 0.322 e. The van der Waals surface area contributed by atoms with Crippen LogP contribution in [-0.2, 0) is 52.7 Å². The fourth-order valence-corrected chi connectivity index (χ4v) is 8.74. The predicted octanol–water partition coefficient (Wildman–Crippen LogP) is -6.07. The van der Waals surface area contributed by atoms with Crippen LogP contribution < -0.4 is 54.4 Å². The number of aliphatic carboxylic acids is 1. The molecule has 3 aliphatic heterocycles. The first-order chi connectivity index (χ1) is 34.3. The van der Waals surface area contributed by atoms with Gasteiger partial charge in [0.25, 0.3) is 0 Å². The summed E-state index contributed by atoms with van der Waals surface area (Å²) in [6, 6.07) is -12.1. The van der Waals surface area contributed by atoms with Crippen LogP contribution in [0.2, 0.25) is 0 Å². The summed E-state index contributed by atoms with van der Waals surface area (Å²) >= 11 is 0. The molecule has 3 aliphatic rings. The molecule has 12 atom stereocenters. The van der Waals surface area contributed by atoms with Crippen LogP contribution in [0.25, 0.3) is 0 Å². The van der Waals surface area contributed by atoms with Gasteiger partial charge in [-0.1, -0.05) is 20.3 Å². The van der Waals surface area contributed by atoms with Crippen molar-refractivity contribution in [3.05, 3.63) is 0 Å². The Balaban J connectivity index is 1.63. The Kier molecular flexibility index (Phi) is 23.7. The van der Waals surface area contributed by atoms with E-state index in [1.54, 1.807) is 13.8 Å². The minimum absolute atomic E-state index is 0.0310. The molecule has 73 heavy (non-hydrogen) atoms. The average molecular weight is 1040 g/mol. The average Bonchev–Trinajstić information content (AvgIpc) is 4.15. The molecule has 0 aromatic rings. The Morgan fingerprint density at radius 3 is 1.66 bits per heavy atom. The second-order valence-corrected chi connectivity index (χ2v) is 18.8. The molecule has 0 bridgehead atoms. The molecule has 28 nitrogen and oxygen atoms in total. The summed E-state index contributed by atoms with van der Waals surface area (Å²) in [5, 5.41) is 47.0. The second kappa shape index (κ2) is 28.5. The topological polar surface area (TPSA) is 433 Å². The number of hydrogen-bond donors (Lipinski definition) is 13. The molecule has 10 amide bonds. The van der Waals surface area contributed by atoms with Gasteiger partial charge in [0.1, 0.15) is 60.9 Å². The van der Waals surface area contributed by atoms with Crippen molar-refractivity contribution < 1.29 is 68.1 Å². The largest absolute Gasteiger partial charge is 0.480 e. The number of carbonyl (C=O) groups excluding carboxylic acids is 10. The van der Waals surface area contributed by atoms with Crippen LogP contribution in [0.3, 0.4) is 0 Å². The fraction of sp³-hybridized carbons (Fsp3) is 0.733. The predicted molar refractivity (Wildman–Crippen MR) is 260 cm³/mol. The van der Waals surface area contributed by atoms with Gasteiger partial charge in [-0.05, 0) is 85.0 Å². The second-order valence-electron chi connectivity index (χ2n) is 18.8. The van der Waals surface area contributed by atoms with Gasteiger partial charge in [0.2, 0.25) is 59.1 Å². The summed E-state index contributed by atoms with van der Waals surface area (Å²) in [5.41, 5.74) is 16.4. The van der Waals surface area contributed by atoms with Crippen molar-refractivity contribution in [3.63, 3.8) is 0 Å². The molecule has 410 valence electrons. The van der Waals surface area contributed by atoms with E-state index in [9.17, 15) is 63.0 Å². The van der Waals surface area contributed by atoms with Crippen molar-refractivity contribution in [3.8, 4) is 0 Å². The lowest BCUT2D eigenvalue weighted by atomic mass is 9.97. The van der Waals surface area contributed by atoms with Gasteiger partial charge in [-0.25, -0.2) is 0 Å². The minimum Gasteiger partial charge on any atom is -0.480 e. The minimum atomic E-state index is -1.59. The highest BCUT2D eigenvalue weighted by molar-refractivity contribution is 5.99. The monoisotopic (exact) mass is 1040 g/mol. The van der Waals surface area contributed by atoms with Crippen LogP contribution in [0.5, 0.6) is 0 Å². The van der Waals surface area contributed by atoms with Gasteiger partial charge in [-0.3, -0.25) is 57.7 Å². The van der Waals surface area contributed by atoms with Gasteiger partial charge in [0, 0.05) is 26.2 Å². The maximum atomic E-state index is 14.1. The van der Waals surface area contributed by atoms with Crippen molar-refractivity contribution >= 4 is 71.0 Å². The number of aliphatic imine (C=N–C) groups is 1. The molecule has 0 saturated carbocycles. The first-order valence-electron chi connectivity index (χ1n) is 24.7. The molecule has 28 heteroatoms. The van der Waals surface area contributed by atoms with Crippen molar-refractivity contribution in [2.75, 3.05) is 39.3 Å². The zero-order valence-corrected chi connectivity index (χ0v) is 42.4. The van der Waals surface area contributed by atoms with E-state index < -0.39 is 145 Å². The summed E-state index contributed by atoms with van der Waals surface area (Å²) in [5.74, 6) is -9.22. The molecule has 0 radical (unpaired) electrons. The first-order valence-corrected chi connectivity index (χ1v) is 24.7. The lowest BCUT2D eigenvalue weighted by Crippen LogP contribution is -2.61. The van der Waals surface area contributed by atoms with Crippen LogP contribution in [0, 0.1) is 5.92 Å². The number of aliphatic hydroxyl groups is 2. The third-order valence-corrected chi connectivity index (χ3v) is 13.0. The van der Waals surface area contributed by atoms with Crippen molar-refractivity contribution in [2.45, 2.75) is 166 Å². The molecule has 3 heterocycles. The van der Waals surface area contributed by atoms with E-state index in [0.717, 1.165) is 0 Å². The first kappa shape index (κ1) is 60.6. The summed E-state index contributed by atoms with van der Waals surface area (Å²) in [6.45, 7) is 7.81. The van der Waals surface area contributed by atoms with E-state index in [2.05, 4.69) is 42.2 Å². The van der Waals surface area contributed by atoms with E-state index >= 15 is 0 Å². The molecular formula is C45H76N14O14. The van der Waals surface area contributed by atoms with Gasteiger partial charge in [-0.2, -0.15) is 0 Å². The number of nitrogens with one attached hydrogen (secondary N) is 7. The van der Waals surface area contributed by atoms with Gasteiger partial charge in [-0.15, -0.1) is 0 Å². The SMILES string of the molecule is CC[C@H](C)[C@H](NC(=O)[C@@H]1CCCN1C(=O)[C@H](C)NC(=O)[C@H](CO)NC(=O)[C@@H]1CCCN1C(=O)[C@@H]1CCCN1C(=O)[C@H](C)NC(=O)[C@@H](NC(=O)[C@H](CCCN=C(N)N)NC(=O)[C@H](C)N)[C@@H](C)O)C(=O)NCC(=O)O. The van der Waals surface area contributed by atoms with Crippen molar-refractivity contribution in [2.24, 2.45) is 28.1 Å². The third kappa shape index (κ3) is 17.2. The smallest absolute Gasteiger partial charge is 0.322 e. The normalized spacial score (nSPS) is 21.1. The molecule has 3 saturated heterocycles.